The average Bonchev–Trinajstić information content (AvgIpc) is 0.929. The lowest BCUT2D eigenvalue weighted by molar-refractivity contribution is 0.493. The summed E-state index contributed by atoms with van der Waals surface area (Å²) in [7, 11) is 0. The van der Waals surface area contributed by atoms with E-state index in [1.54, 1.807) is 0 Å². The van der Waals surface area contributed by atoms with Crippen LogP contribution in [0.1, 0.15) is 52.7 Å². The van der Waals surface area contributed by atoms with Crippen LogP contribution in [0.2, 0.25) is 0 Å². The average molecular weight is 1130 g/mol. The molecule has 6 nitrogen and oxygen atoms in total. The normalized spacial score (nSPS) is 13.8. The maximum atomic E-state index is 7.33. The van der Waals surface area contributed by atoms with Crippen LogP contribution in [0.5, 0.6) is 11.5 Å². The van der Waals surface area contributed by atoms with E-state index in [2.05, 4.69) is 299 Å². The van der Waals surface area contributed by atoms with Crippen LogP contribution in [0.4, 0.5) is 51.2 Å². The van der Waals surface area contributed by atoms with Gasteiger partial charge in [0.2, 0.25) is 0 Å². The van der Waals surface area contributed by atoms with E-state index >= 15 is 0 Å². The minimum atomic E-state index is -0.232. The molecular formula is C80H59B2N3O3. The van der Waals surface area contributed by atoms with E-state index in [0.29, 0.717) is 0 Å². The van der Waals surface area contributed by atoms with Crippen molar-refractivity contribution in [1.82, 2.24) is 0 Å². The number of anilines is 9. The summed E-state index contributed by atoms with van der Waals surface area (Å²) in [5.41, 5.74) is 27.1. The number of fused-ring (bicyclic) bond motifs is 16. The number of hydrogen-bond acceptors (Lipinski definition) is 6. The highest BCUT2D eigenvalue weighted by Crippen LogP contribution is 2.55. The predicted octanol–water partition coefficient (Wildman–Crippen LogP) is 17.9. The third-order valence-corrected chi connectivity index (χ3v) is 19.2. The summed E-state index contributed by atoms with van der Waals surface area (Å²) >= 11 is 0. The molecule has 4 aliphatic rings. The van der Waals surface area contributed by atoms with Crippen LogP contribution in [0, 0.1) is 0 Å². The molecular weight excluding hydrogens is 1070 g/mol. The summed E-state index contributed by atoms with van der Waals surface area (Å²) in [6, 6.07) is 91.9. The van der Waals surface area contributed by atoms with Gasteiger partial charge in [-0.2, -0.15) is 0 Å². The highest BCUT2D eigenvalue weighted by Gasteiger charge is 2.50. The van der Waals surface area contributed by atoms with Gasteiger partial charge in [-0.25, -0.2) is 0 Å². The first kappa shape index (κ1) is 50.9. The molecule has 2 aromatic heterocycles. The number of rotatable bonds is 5. The maximum absolute atomic E-state index is 7.33. The van der Waals surface area contributed by atoms with Crippen molar-refractivity contribution >= 4 is 141 Å². The highest BCUT2D eigenvalue weighted by atomic mass is 16.5. The van der Waals surface area contributed by atoms with E-state index in [4.69, 9.17) is 13.6 Å². The van der Waals surface area contributed by atoms with Crippen molar-refractivity contribution in [3.05, 3.63) is 260 Å². The summed E-state index contributed by atoms with van der Waals surface area (Å²) in [5, 5.41) is 4.19. The first-order chi connectivity index (χ1) is 42.9. The monoisotopic (exact) mass is 1130 g/mol. The quantitative estimate of drug-likeness (QED) is 0.160. The van der Waals surface area contributed by atoms with Crippen LogP contribution in [-0.4, -0.2) is 13.4 Å². The maximum Gasteiger partial charge on any atom is 0.256 e. The third-order valence-electron chi connectivity index (χ3n) is 19.2. The Balaban J connectivity index is 1.03. The minimum absolute atomic E-state index is 0.0366. The molecule has 0 fully saturated rings. The Morgan fingerprint density at radius 1 is 0.330 bits per heavy atom. The van der Waals surface area contributed by atoms with Gasteiger partial charge in [-0.3, -0.25) is 0 Å². The van der Waals surface area contributed by atoms with Gasteiger partial charge in [0.25, 0.3) is 13.4 Å². The van der Waals surface area contributed by atoms with E-state index in [1.165, 1.54) is 33.0 Å². The van der Waals surface area contributed by atoms with Gasteiger partial charge in [-0.05, 0) is 120 Å². The Morgan fingerprint density at radius 2 is 0.818 bits per heavy atom. The van der Waals surface area contributed by atoms with Crippen LogP contribution in [0.3, 0.4) is 0 Å². The molecule has 12 aromatic carbocycles. The van der Waals surface area contributed by atoms with Crippen LogP contribution >= 0.6 is 0 Å². The van der Waals surface area contributed by atoms with E-state index in [0.717, 1.165) is 140 Å². The van der Waals surface area contributed by atoms with E-state index in [9.17, 15) is 0 Å². The summed E-state index contributed by atoms with van der Waals surface area (Å²) in [4.78, 5) is 7.64. The second kappa shape index (κ2) is 18.5. The van der Waals surface area contributed by atoms with E-state index in [1.807, 2.05) is 6.07 Å². The Kier molecular flexibility index (Phi) is 10.7. The molecule has 0 bridgehead atoms. The highest BCUT2D eigenvalue weighted by molar-refractivity contribution is 7.03. The molecule has 4 aliphatic heterocycles. The Bertz CT molecular complexity index is 5150. The number of furan rings is 2. The second-order valence-corrected chi connectivity index (χ2v) is 26.3. The number of hydrogen-bond donors (Lipinski definition) is 0. The molecule has 6 heterocycles. The van der Waals surface area contributed by atoms with Gasteiger partial charge in [0.05, 0.1) is 22.1 Å². The molecule has 0 N–H and O–H groups in total. The molecule has 14 aromatic rings. The predicted molar refractivity (Wildman–Crippen MR) is 369 cm³/mol. The molecule has 8 heteroatoms. The summed E-state index contributed by atoms with van der Waals surface area (Å²) < 4.78 is 21.5. The van der Waals surface area contributed by atoms with Crippen molar-refractivity contribution in [3.63, 3.8) is 0 Å². The molecule has 18 rings (SSSR count). The molecule has 418 valence electrons. The number of ether oxygens (including phenoxy) is 1. The minimum Gasteiger partial charge on any atom is -0.458 e. The van der Waals surface area contributed by atoms with Gasteiger partial charge >= 0.3 is 0 Å². The van der Waals surface area contributed by atoms with Crippen molar-refractivity contribution in [3.8, 4) is 33.8 Å². The molecule has 0 amide bonds. The molecule has 0 aliphatic carbocycles. The van der Waals surface area contributed by atoms with Crippen molar-refractivity contribution in [2.75, 3.05) is 14.7 Å². The number of nitrogens with zero attached hydrogens (tertiary/aromatic N) is 3. The third kappa shape index (κ3) is 7.32. The zero-order valence-electron chi connectivity index (χ0n) is 49.9. The topological polar surface area (TPSA) is 45.2 Å². The van der Waals surface area contributed by atoms with Crippen LogP contribution in [-0.2, 0) is 10.8 Å². The smallest absolute Gasteiger partial charge is 0.256 e. The largest absolute Gasteiger partial charge is 0.458 e. The van der Waals surface area contributed by atoms with Gasteiger partial charge in [-0.1, -0.05) is 224 Å². The van der Waals surface area contributed by atoms with Crippen molar-refractivity contribution in [1.29, 1.82) is 0 Å². The van der Waals surface area contributed by atoms with Crippen LogP contribution in [0.15, 0.2) is 258 Å². The fraction of sp³-hybridized carbons (Fsp3) is 0.100. The first-order valence-electron chi connectivity index (χ1n) is 30.8. The van der Waals surface area contributed by atoms with E-state index < -0.39 is 0 Å². The fourth-order valence-corrected chi connectivity index (χ4v) is 15.1. The Hall–Kier alpha value is -10.4. The number of benzene rings is 12. The van der Waals surface area contributed by atoms with Gasteiger partial charge in [0, 0.05) is 73.8 Å². The standard InChI is InChI=1S/C80H59B2N3O3/c1-79(2,3)50-40-36-48(37-41-50)54-28-21-29-55(49-38-42-51(43-39-49)80(4,5)6)76(54)85-64-45-63-60(82-59-31-16-20-35-69(59)88-78-73-57-27-14-19-34-68(57)87-71(73)47-66(75(78)82)83(63)52-22-9-7-10-23-52)44-61(64)81-58-30-15-17-32-62(58)84(53-24-11-8-12-25-53)77-72-56-26-13-18-33-67(56)86-70(72)46-65(85)74(77)81/h7-47H,1-6H3. The zero-order valence-corrected chi connectivity index (χ0v) is 49.9. The van der Waals surface area contributed by atoms with Gasteiger partial charge in [0.1, 0.15) is 33.8 Å². The molecule has 0 atom stereocenters. The Morgan fingerprint density at radius 3 is 1.43 bits per heavy atom. The van der Waals surface area contributed by atoms with Crippen LogP contribution in [0.25, 0.3) is 66.1 Å². The van der Waals surface area contributed by atoms with Gasteiger partial charge in [0.15, 0.2) is 0 Å². The molecule has 0 saturated carbocycles. The lowest BCUT2D eigenvalue weighted by atomic mass is 9.30. The molecule has 0 saturated heterocycles. The lowest BCUT2D eigenvalue weighted by Crippen LogP contribution is -2.64. The van der Waals surface area contributed by atoms with E-state index in [-0.39, 0.29) is 24.3 Å². The SMILES string of the molecule is CC(C)(C)c1ccc(-c2cccc(-c3ccc(C(C)(C)C)cc3)c2N2c3cc4c(cc3B3c5ccccc5N(c5ccccc5)c5c3c2cc2oc3ccccc3c52)B2c3ccccc3Oc3c2c(cc2oc5ccccc5c32)N4c2ccccc2)cc1. The lowest BCUT2D eigenvalue weighted by Gasteiger charge is -2.46. The first-order valence-corrected chi connectivity index (χ1v) is 30.8. The summed E-state index contributed by atoms with van der Waals surface area (Å²) in [6.45, 7) is 13.3. The van der Waals surface area contributed by atoms with Crippen LogP contribution < -0.4 is 52.2 Å². The summed E-state index contributed by atoms with van der Waals surface area (Å²) in [5.74, 6) is 1.68. The molecule has 0 spiro atoms. The number of para-hydroxylation sites is 7. The molecule has 88 heavy (non-hydrogen) atoms. The van der Waals surface area contributed by atoms with Gasteiger partial charge < -0.3 is 28.3 Å². The fourth-order valence-electron chi connectivity index (χ4n) is 15.1. The van der Waals surface area contributed by atoms with Crippen molar-refractivity contribution < 1.29 is 13.6 Å². The molecule has 0 radical (unpaired) electrons. The molecule has 0 unspecified atom stereocenters. The Labute approximate surface area is 512 Å². The zero-order chi connectivity index (χ0) is 58.9. The van der Waals surface area contributed by atoms with Crippen molar-refractivity contribution in [2.45, 2.75) is 52.4 Å². The second-order valence-electron chi connectivity index (χ2n) is 26.3. The van der Waals surface area contributed by atoms with Crippen molar-refractivity contribution in [2.24, 2.45) is 0 Å². The van der Waals surface area contributed by atoms with Gasteiger partial charge in [-0.15, -0.1) is 0 Å². The summed E-state index contributed by atoms with van der Waals surface area (Å²) in [6.07, 6.45) is 0.